The van der Waals surface area contributed by atoms with Crippen LogP contribution in [0.4, 0.5) is 10.7 Å². The fourth-order valence-corrected chi connectivity index (χ4v) is 5.11. The third kappa shape index (κ3) is 2.88. The molecule has 0 amide bonds. The van der Waals surface area contributed by atoms with Crippen LogP contribution in [0.25, 0.3) is 0 Å². The summed E-state index contributed by atoms with van der Waals surface area (Å²) in [5.41, 5.74) is 6.73. The largest absolute Gasteiger partial charge is 0.492 e. The summed E-state index contributed by atoms with van der Waals surface area (Å²) in [5.74, 6) is 2.22. The van der Waals surface area contributed by atoms with E-state index in [2.05, 4.69) is 11.8 Å². The van der Waals surface area contributed by atoms with Crippen molar-refractivity contribution in [1.29, 1.82) is 0 Å². The molecule has 3 rings (SSSR count). The number of nitrogens with zero attached hydrogens (tertiary/aromatic N) is 1. The van der Waals surface area contributed by atoms with E-state index in [4.69, 9.17) is 10.5 Å². The molecule has 1 atom stereocenters. The average Bonchev–Trinajstić information content (AvgIpc) is 3.30. The summed E-state index contributed by atoms with van der Waals surface area (Å²) in [6.07, 6.45) is 3.18. The molecule has 1 aromatic heterocycles. The van der Waals surface area contributed by atoms with Gasteiger partial charge in [0.2, 0.25) is 0 Å². The van der Waals surface area contributed by atoms with Gasteiger partial charge in [0.25, 0.3) is 0 Å². The van der Waals surface area contributed by atoms with E-state index in [9.17, 15) is 4.79 Å². The lowest BCUT2D eigenvalue weighted by Gasteiger charge is -2.32. The first kappa shape index (κ1) is 15.0. The number of carbonyl (C=O) groups excluding carboxylic acids is 1. The van der Waals surface area contributed by atoms with Crippen molar-refractivity contribution in [2.75, 3.05) is 36.6 Å². The molecule has 0 bridgehead atoms. The molecular weight excluding hydrogens is 304 g/mol. The number of ketones is 1. The van der Waals surface area contributed by atoms with Gasteiger partial charge in [-0.25, -0.2) is 0 Å². The monoisotopic (exact) mass is 326 g/mol. The van der Waals surface area contributed by atoms with Crippen molar-refractivity contribution in [1.82, 2.24) is 0 Å². The Morgan fingerprint density at radius 1 is 1.48 bits per heavy atom. The van der Waals surface area contributed by atoms with Crippen molar-refractivity contribution in [3.63, 3.8) is 0 Å². The molecule has 0 radical (unpaired) electrons. The van der Waals surface area contributed by atoms with Gasteiger partial charge in [0, 0.05) is 30.0 Å². The van der Waals surface area contributed by atoms with Crippen molar-refractivity contribution in [2.45, 2.75) is 31.4 Å². The zero-order valence-corrected chi connectivity index (χ0v) is 14.2. The van der Waals surface area contributed by atoms with Crippen LogP contribution in [0.5, 0.6) is 5.75 Å². The van der Waals surface area contributed by atoms with E-state index in [1.54, 1.807) is 7.11 Å². The van der Waals surface area contributed by atoms with Gasteiger partial charge in [-0.15, -0.1) is 11.3 Å². The quantitative estimate of drug-likeness (QED) is 0.842. The summed E-state index contributed by atoms with van der Waals surface area (Å²) >= 11 is 3.55. The number of carbonyl (C=O) groups is 1. The van der Waals surface area contributed by atoms with Crippen molar-refractivity contribution in [3.05, 3.63) is 4.88 Å². The molecule has 0 spiro atoms. The lowest BCUT2D eigenvalue weighted by molar-refractivity contribution is 0.0972. The minimum atomic E-state index is 0.198. The second kappa shape index (κ2) is 6.08. The Balaban J connectivity index is 1.90. The summed E-state index contributed by atoms with van der Waals surface area (Å²) in [6.45, 7) is 4.23. The number of ether oxygens (including phenoxy) is 1. The standard InChI is InChI=1S/C15H22N2O2S2/c1-3-10-8-17(6-7-20-10)15-13(19-2)11(16)14(21-15)12(18)9-4-5-9/h9-10H,3-8,16H2,1-2H3. The highest BCUT2D eigenvalue weighted by molar-refractivity contribution is 8.00. The number of nitrogens with two attached hydrogens (primary N) is 1. The van der Waals surface area contributed by atoms with Crippen LogP contribution in [0.3, 0.4) is 0 Å². The Labute approximate surface area is 134 Å². The summed E-state index contributed by atoms with van der Waals surface area (Å²) in [4.78, 5) is 15.4. The highest BCUT2D eigenvalue weighted by Crippen LogP contribution is 2.48. The molecule has 2 aliphatic rings. The number of hydrogen-bond donors (Lipinski definition) is 1. The van der Waals surface area contributed by atoms with E-state index in [1.807, 2.05) is 11.8 Å². The normalized spacial score (nSPS) is 22.4. The molecule has 0 aromatic carbocycles. The van der Waals surface area contributed by atoms with Gasteiger partial charge < -0.3 is 15.4 Å². The van der Waals surface area contributed by atoms with E-state index in [0.717, 1.165) is 43.1 Å². The predicted molar refractivity (Wildman–Crippen MR) is 91.1 cm³/mol. The Kier molecular flexibility index (Phi) is 4.36. The molecule has 1 aliphatic heterocycles. The minimum Gasteiger partial charge on any atom is -0.492 e. The summed E-state index contributed by atoms with van der Waals surface area (Å²) in [6, 6.07) is 0. The van der Waals surface area contributed by atoms with Gasteiger partial charge in [0.1, 0.15) is 5.00 Å². The maximum absolute atomic E-state index is 12.4. The van der Waals surface area contributed by atoms with Crippen LogP contribution in [0.1, 0.15) is 35.9 Å². The first-order valence-electron chi connectivity index (χ1n) is 7.52. The molecule has 1 unspecified atom stereocenters. The van der Waals surface area contributed by atoms with Gasteiger partial charge in [-0.2, -0.15) is 11.8 Å². The lowest BCUT2D eigenvalue weighted by Crippen LogP contribution is -2.37. The van der Waals surface area contributed by atoms with Crippen LogP contribution in [0, 0.1) is 5.92 Å². The third-order valence-electron chi connectivity index (χ3n) is 4.14. The van der Waals surface area contributed by atoms with Crippen LogP contribution >= 0.6 is 23.1 Å². The number of methoxy groups -OCH3 is 1. The number of Topliss-reactive ketones (excluding diaryl/α,β-unsaturated/α-hetero) is 1. The summed E-state index contributed by atoms with van der Waals surface area (Å²) in [7, 11) is 1.64. The Hall–Kier alpha value is -0.880. The maximum atomic E-state index is 12.4. The molecule has 2 N–H and O–H groups in total. The third-order valence-corrected chi connectivity index (χ3v) is 6.77. The number of rotatable bonds is 5. The van der Waals surface area contributed by atoms with Gasteiger partial charge in [-0.1, -0.05) is 6.92 Å². The van der Waals surface area contributed by atoms with Gasteiger partial charge in [-0.05, 0) is 19.3 Å². The number of anilines is 2. The smallest absolute Gasteiger partial charge is 0.178 e. The van der Waals surface area contributed by atoms with Crippen molar-refractivity contribution in [3.8, 4) is 5.75 Å². The first-order valence-corrected chi connectivity index (χ1v) is 9.39. The molecule has 2 heterocycles. The zero-order chi connectivity index (χ0) is 15.0. The van der Waals surface area contributed by atoms with E-state index < -0.39 is 0 Å². The summed E-state index contributed by atoms with van der Waals surface area (Å²) in [5, 5.41) is 1.69. The highest BCUT2D eigenvalue weighted by Gasteiger charge is 2.35. The number of nitrogen functional groups attached to an aromatic ring is 1. The molecule has 2 fully saturated rings. The molecule has 1 aromatic rings. The van der Waals surface area contributed by atoms with Crippen LogP contribution in [0.2, 0.25) is 0 Å². The molecule has 21 heavy (non-hydrogen) atoms. The van der Waals surface area contributed by atoms with Crippen LogP contribution in [-0.4, -0.2) is 37.0 Å². The Morgan fingerprint density at radius 3 is 2.86 bits per heavy atom. The average molecular weight is 326 g/mol. The Bertz CT molecular complexity index is 540. The Morgan fingerprint density at radius 2 is 2.24 bits per heavy atom. The summed E-state index contributed by atoms with van der Waals surface area (Å²) < 4.78 is 5.51. The molecule has 1 saturated carbocycles. The van der Waals surface area contributed by atoms with Gasteiger partial charge in [0.15, 0.2) is 11.5 Å². The first-order chi connectivity index (χ1) is 10.2. The molecule has 1 saturated heterocycles. The molecular formula is C15H22N2O2S2. The maximum Gasteiger partial charge on any atom is 0.178 e. The number of thioether (sulfide) groups is 1. The fraction of sp³-hybridized carbons (Fsp3) is 0.667. The van der Waals surface area contributed by atoms with Gasteiger partial charge in [0.05, 0.1) is 17.7 Å². The molecule has 116 valence electrons. The van der Waals surface area contributed by atoms with Crippen LogP contribution < -0.4 is 15.4 Å². The van der Waals surface area contributed by atoms with E-state index in [-0.39, 0.29) is 11.7 Å². The van der Waals surface area contributed by atoms with E-state index in [0.29, 0.717) is 21.6 Å². The number of thiophene rings is 1. The zero-order valence-electron chi connectivity index (χ0n) is 12.6. The fourth-order valence-electron chi connectivity index (χ4n) is 2.69. The lowest BCUT2D eigenvalue weighted by atomic mass is 10.2. The molecule has 4 nitrogen and oxygen atoms in total. The number of hydrogen-bond acceptors (Lipinski definition) is 6. The predicted octanol–water partition coefficient (Wildman–Crippen LogP) is 3.26. The van der Waals surface area contributed by atoms with Gasteiger partial charge >= 0.3 is 0 Å². The second-order valence-electron chi connectivity index (χ2n) is 5.67. The van der Waals surface area contributed by atoms with Crippen molar-refractivity contribution >= 4 is 39.6 Å². The van der Waals surface area contributed by atoms with Crippen molar-refractivity contribution in [2.24, 2.45) is 5.92 Å². The van der Waals surface area contributed by atoms with Gasteiger partial charge in [-0.3, -0.25) is 4.79 Å². The minimum absolute atomic E-state index is 0.198. The molecule has 1 aliphatic carbocycles. The van der Waals surface area contributed by atoms with E-state index >= 15 is 0 Å². The second-order valence-corrected chi connectivity index (χ2v) is 8.08. The van der Waals surface area contributed by atoms with E-state index in [1.165, 1.54) is 11.3 Å². The SMILES string of the molecule is CCC1CN(c2sc(C(=O)C3CC3)c(N)c2OC)CCS1. The van der Waals surface area contributed by atoms with Crippen molar-refractivity contribution < 1.29 is 9.53 Å². The molecule has 6 heteroatoms. The highest BCUT2D eigenvalue weighted by atomic mass is 32.2. The van der Waals surface area contributed by atoms with Crippen LogP contribution in [-0.2, 0) is 0 Å². The topological polar surface area (TPSA) is 55.6 Å². The van der Waals surface area contributed by atoms with Crippen LogP contribution in [0.15, 0.2) is 0 Å².